The fourth-order valence-electron chi connectivity index (χ4n) is 4.14. The van der Waals surface area contributed by atoms with E-state index in [2.05, 4.69) is 13.8 Å². The minimum absolute atomic E-state index is 0.137. The Morgan fingerprint density at radius 1 is 0.350 bits per heavy atom. The summed E-state index contributed by atoms with van der Waals surface area (Å²) in [6.45, 7) is 8.61. The van der Waals surface area contributed by atoms with Gasteiger partial charge in [0.15, 0.2) is 0 Å². The zero-order valence-electron chi connectivity index (χ0n) is 26.1. The largest absolute Gasteiger partial charge is 0.463 e. The van der Waals surface area contributed by atoms with Crippen LogP contribution >= 0.6 is 0 Å². The number of hydrogen-bond acceptors (Lipinski definition) is 8. The van der Waals surface area contributed by atoms with Crippen LogP contribution in [0.15, 0.2) is 0 Å². The second-order valence-electron chi connectivity index (χ2n) is 10.3. The minimum atomic E-state index is -0.137. The molecule has 0 rings (SSSR count). The first-order valence-electron chi connectivity index (χ1n) is 16.3. The van der Waals surface area contributed by atoms with Gasteiger partial charge in [-0.15, -0.1) is 0 Å². The molecule has 0 aromatic carbocycles. The number of rotatable bonds is 33. The van der Waals surface area contributed by atoms with Crippen LogP contribution in [0.5, 0.6) is 0 Å². The molecule has 0 aromatic heterocycles. The Bertz CT molecular complexity index is 483. The van der Waals surface area contributed by atoms with Crippen molar-refractivity contribution in [3.8, 4) is 0 Å². The lowest BCUT2D eigenvalue weighted by atomic mass is 10.1. The number of unbranched alkanes of at least 4 members (excludes halogenated alkanes) is 14. The summed E-state index contributed by atoms with van der Waals surface area (Å²) in [6, 6.07) is 0. The normalized spacial score (nSPS) is 11.2. The van der Waals surface area contributed by atoms with E-state index < -0.39 is 0 Å². The lowest BCUT2D eigenvalue weighted by molar-refractivity contribution is -0.146. The molecule has 8 heteroatoms. The summed E-state index contributed by atoms with van der Waals surface area (Å²) in [5.74, 6) is -0.274. The predicted molar refractivity (Wildman–Crippen MR) is 160 cm³/mol. The van der Waals surface area contributed by atoms with Gasteiger partial charge in [-0.25, -0.2) is 0 Å². The number of carbonyl (C=O) groups excluding carboxylic acids is 2. The van der Waals surface area contributed by atoms with Gasteiger partial charge in [-0.3, -0.25) is 9.59 Å². The highest BCUT2D eigenvalue weighted by atomic mass is 16.6. The summed E-state index contributed by atoms with van der Waals surface area (Å²) < 4.78 is 32.1. The van der Waals surface area contributed by atoms with Crippen LogP contribution in [-0.2, 0) is 38.0 Å². The van der Waals surface area contributed by atoms with Gasteiger partial charge < -0.3 is 28.4 Å². The molecule has 40 heavy (non-hydrogen) atoms. The monoisotopic (exact) mass is 574 g/mol. The first-order valence-corrected chi connectivity index (χ1v) is 16.3. The molecule has 0 atom stereocenters. The summed E-state index contributed by atoms with van der Waals surface area (Å²) in [7, 11) is 0. The zero-order chi connectivity index (χ0) is 29.2. The highest BCUT2D eigenvalue weighted by Gasteiger charge is 2.04. The van der Waals surface area contributed by atoms with Crippen molar-refractivity contribution in [1.82, 2.24) is 0 Å². The van der Waals surface area contributed by atoms with E-state index in [-0.39, 0.29) is 25.2 Å². The molecule has 0 heterocycles. The third-order valence-electron chi connectivity index (χ3n) is 6.57. The van der Waals surface area contributed by atoms with E-state index in [0.717, 1.165) is 25.7 Å². The van der Waals surface area contributed by atoms with Crippen molar-refractivity contribution >= 4 is 11.9 Å². The Balaban J connectivity index is 3.19. The maximum absolute atomic E-state index is 11.7. The van der Waals surface area contributed by atoms with Crippen LogP contribution < -0.4 is 0 Å². The van der Waals surface area contributed by atoms with Crippen LogP contribution in [0.3, 0.4) is 0 Å². The van der Waals surface area contributed by atoms with Gasteiger partial charge in [-0.1, -0.05) is 104 Å². The maximum atomic E-state index is 11.7. The van der Waals surface area contributed by atoms with Crippen molar-refractivity contribution in [2.24, 2.45) is 0 Å². The smallest absolute Gasteiger partial charge is 0.305 e. The van der Waals surface area contributed by atoms with Gasteiger partial charge in [0.05, 0.1) is 52.9 Å². The molecule has 0 unspecified atom stereocenters. The third-order valence-corrected chi connectivity index (χ3v) is 6.57. The van der Waals surface area contributed by atoms with E-state index in [1.54, 1.807) is 0 Å². The van der Waals surface area contributed by atoms with Crippen molar-refractivity contribution in [3.63, 3.8) is 0 Å². The quantitative estimate of drug-likeness (QED) is 0.0600. The van der Waals surface area contributed by atoms with Crippen LogP contribution in [0.2, 0.25) is 0 Å². The number of ether oxygens (including phenoxy) is 6. The SMILES string of the molecule is CCCCCCCCCCC(=O)OCCOCCOCCOCCOCCOC(=O)CCCCCCCCCC. The Kier molecular flexibility index (Phi) is 32.9. The Labute approximate surface area is 245 Å². The molecule has 0 saturated heterocycles. The fourth-order valence-corrected chi connectivity index (χ4v) is 4.14. The minimum Gasteiger partial charge on any atom is -0.463 e. The summed E-state index contributed by atoms with van der Waals surface area (Å²) in [6.07, 6.45) is 20.4. The summed E-state index contributed by atoms with van der Waals surface area (Å²) in [4.78, 5) is 23.4. The fraction of sp³-hybridized carbons (Fsp3) is 0.938. The van der Waals surface area contributed by atoms with E-state index in [4.69, 9.17) is 28.4 Å². The topological polar surface area (TPSA) is 89.5 Å². The maximum Gasteiger partial charge on any atom is 0.305 e. The van der Waals surface area contributed by atoms with Gasteiger partial charge in [0, 0.05) is 12.8 Å². The lowest BCUT2D eigenvalue weighted by Crippen LogP contribution is -2.15. The number of hydrogen-bond donors (Lipinski definition) is 0. The number of esters is 2. The van der Waals surface area contributed by atoms with Crippen molar-refractivity contribution in [3.05, 3.63) is 0 Å². The van der Waals surface area contributed by atoms with Crippen LogP contribution in [0.1, 0.15) is 129 Å². The van der Waals surface area contributed by atoms with Crippen LogP contribution in [0.25, 0.3) is 0 Å². The molecule has 8 nitrogen and oxygen atoms in total. The lowest BCUT2D eigenvalue weighted by Gasteiger charge is -2.08. The molecule has 238 valence electrons. The molecule has 0 amide bonds. The van der Waals surface area contributed by atoms with Gasteiger partial charge in [-0.2, -0.15) is 0 Å². The predicted octanol–water partition coefficient (Wildman–Crippen LogP) is 7.20. The second-order valence-corrected chi connectivity index (χ2v) is 10.3. The Hall–Kier alpha value is -1.22. The first-order chi connectivity index (χ1) is 19.7. The second kappa shape index (κ2) is 34.0. The molecular weight excluding hydrogens is 512 g/mol. The van der Waals surface area contributed by atoms with Crippen LogP contribution in [0, 0.1) is 0 Å². The highest BCUT2D eigenvalue weighted by molar-refractivity contribution is 5.69. The molecule has 0 aromatic rings. The molecule has 0 N–H and O–H groups in total. The highest BCUT2D eigenvalue weighted by Crippen LogP contribution is 2.11. The van der Waals surface area contributed by atoms with E-state index in [9.17, 15) is 9.59 Å². The zero-order valence-corrected chi connectivity index (χ0v) is 26.1. The van der Waals surface area contributed by atoms with Gasteiger partial charge in [0.1, 0.15) is 13.2 Å². The van der Waals surface area contributed by atoms with Gasteiger partial charge in [-0.05, 0) is 12.8 Å². The molecule has 0 bridgehead atoms. The van der Waals surface area contributed by atoms with Crippen LogP contribution in [-0.4, -0.2) is 78.0 Å². The molecular formula is C32H62O8. The average molecular weight is 575 g/mol. The van der Waals surface area contributed by atoms with Crippen LogP contribution in [0.4, 0.5) is 0 Å². The van der Waals surface area contributed by atoms with E-state index in [1.165, 1.54) is 77.0 Å². The van der Waals surface area contributed by atoms with Crippen molar-refractivity contribution in [1.29, 1.82) is 0 Å². The Morgan fingerprint density at radius 2 is 0.600 bits per heavy atom. The van der Waals surface area contributed by atoms with Crippen molar-refractivity contribution in [2.75, 3.05) is 66.1 Å². The van der Waals surface area contributed by atoms with E-state index >= 15 is 0 Å². The summed E-state index contributed by atoms with van der Waals surface area (Å²) >= 11 is 0. The van der Waals surface area contributed by atoms with Crippen molar-refractivity contribution < 1.29 is 38.0 Å². The summed E-state index contributed by atoms with van der Waals surface area (Å²) in [5.41, 5.74) is 0. The molecule has 0 fully saturated rings. The van der Waals surface area contributed by atoms with E-state index in [0.29, 0.717) is 65.7 Å². The molecule has 0 radical (unpaired) electrons. The molecule has 0 saturated carbocycles. The first kappa shape index (κ1) is 38.8. The molecule has 0 aliphatic heterocycles. The van der Waals surface area contributed by atoms with Gasteiger partial charge in [0.2, 0.25) is 0 Å². The Morgan fingerprint density at radius 3 is 0.900 bits per heavy atom. The molecule has 0 spiro atoms. The average Bonchev–Trinajstić information content (AvgIpc) is 2.95. The van der Waals surface area contributed by atoms with E-state index in [1.807, 2.05) is 0 Å². The molecule has 0 aliphatic carbocycles. The van der Waals surface area contributed by atoms with Gasteiger partial charge in [0.25, 0.3) is 0 Å². The summed E-state index contributed by atoms with van der Waals surface area (Å²) in [5, 5.41) is 0. The molecule has 0 aliphatic rings. The number of carbonyl (C=O) groups is 2. The standard InChI is InChI=1S/C32H62O8/c1-3-5-7-9-11-13-15-17-19-31(33)39-29-27-37-25-23-35-21-22-36-24-26-38-28-30-40-32(34)20-18-16-14-12-10-8-6-4-2/h3-30H2,1-2H3. The van der Waals surface area contributed by atoms with Gasteiger partial charge >= 0.3 is 11.9 Å². The van der Waals surface area contributed by atoms with Crippen molar-refractivity contribution in [2.45, 2.75) is 129 Å². The third kappa shape index (κ3) is 33.0.